The monoisotopic (exact) mass is 515 g/mol. The van der Waals surface area contributed by atoms with Crippen molar-refractivity contribution in [3.05, 3.63) is 59.7 Å². The summed E-state index contributed by atoms with van der Waals surface area (Å²) in [7, 11) is 0. The normalized spacial score (nSPS) is 20.0. The molecule has 6 nitrogen and oxygen atoms in total. The van der Waals surface area contributed by atoms with E-state index < -0.39 is 6.36 Å². The Balaban J connectivity index is 1.11. The van der Waals surface area contributed by atoms with E-state index in [0.717, 1.165) is 56.6 Å². The number of carbonyl (C=O) groups is 2. The van der Waals surface area contributed by atoms with Crippen LogP contribution in [0.1, 0.15) is 66.8 Å². The topological polar surface area (TPSA) is 61.9 Å². The van der Waals surface area contributed by atoms with Crippen LogP contribution in [0.5, 0.6) is 5.75 Å². The molecular weight excluding hydrogens is 483 g/mol. The minimum Gasteiger partial charge on any atom is -0.406 e. The molecule has 3 heterocycles. The molecule has 37 heavy (non-hydrogen) atoms. The zero-order valence-electron chi connectivity index (χ0n) is 20.7. The summed E-state index contributed by atoms with van der Waals surface area (Å²) in [6.45, 7) is 3.36. The van der Waals surface area contributed by atoms with Gasteiger partial charge in [0.15, 0.2) is 0 Å². The number of rotatable bonds is 6. The highest BCUT2D eigenvalue weighted by Gasteiger charge is 2.45. The first-order chi connectivity index (χ1) is 17.7. The van der Waals surface area contributed by atoms with Gasteiger partial charge in [0.05, 0.1) is 0 Å². The molecule has 0 bridgehead atoms. The van der Waals surface area contributed by atoms with Crippen molar-refractivity contribution in [3.63, 3.8) is 0 Å². The molecule has 0 saturated carbocycles. The van der Waals surface area contributed by atoms with E-state index in [1.165, 1.54) is 30.5 Å². The third-order valence-electron chi connectivity index (χ3n) is 8.08. The van der Waals surface area contributed by atoms with Crippen LogP contribution in [0.3, 0.4) is 0 Å². The molecule has 0 aromatic heterocycles. The van der Waals surface area contributed by atoms with Gasteiger partial charge in [-0.15, -0.1) is 13.2 Å². The van der Waals surface area contributed by atoms with Crippen molar-refractivity contribution in [2.24, 2.45) is 0 Å². The summed E-state index contributed by atoms with van der Waals surface area (Å²) in [5, 5.41) is 3.07. The van der Waals surface area contributed by atoms with Crippen LogP contribution in [-0.4, -0.2) is 59.7 Å². The number of halogens is 3. The van der Waals surface area contributed by atoms with Gasteiger partial charge < -0.3 is 15.0 Å². The van der Waals surface area contributed by atoms with Crippen molar-refractivity contribution in [1.82, 2.24) is 9.80 Å². The fourth-order valence-corrected chi connectivity index (χ4v) is 6.25. The predicted molar refractivity (Wildman–Crippen MR) is 133 cm³/mol. The van der Waals surface area contributed by atoms with Crippen LogP contribution < -0.4 is 10.1 Å². The van der Waals surface area contributed by atoms with E-state index >= 15 is 0 Å². The van der Waals surface area contributed by atoms with Crippen LogP contribution in [0.4, 0.5) is 18.9 Å². The van der Waals surface area contributed by atoms with Gasteiger partial charge in [0.25, 0.3) is 5.91 Å². The molecule has 2 aromatic carbocycles. The van der Waals surface area contributed by atoms with Gasteiger partial charge >= 0.3 is 6.36 Å². The molecule has 0 unspecified atom stereocenters. The molecule has 3 fully saturated rings. The number of amides is 2. The number of ether oxygens (including phenoxy) is 1. The highest BCUT2D eigenvalue weighted by Crippen LogP contribution is 2.41. The molecular formula is C28H32F3N3O3. The first kappa shape index (κ1) is 25.6. The first-order valence-corrected chi connectivity index (χ1v) is 13.0. The standard InChI is InChI=1S/C28H32F3N3O3/c29-28(30,31)37-24-9-5-22(6-10-24)26(36)33-17-11-21(12-18-33)20-3-7-23(8-4-20)32-25(35)19-27-13-1-15-34(27)16-2-14-27/h3-10,21H,1-2,11-19H2,(H,32,35). The van der Waals surface area contributed by atoms with Crippen molar-refractivity contribution in [1.29, 1.82) is 0 Å². The van der Waals surface area contributed by atoms with Gasteiger partial charge in [-0.05, 0) is 99.5 Å². The zero-order chi connectivity index (χ0) is 26.0. The lowest BCUT2D eigenvalue weighted by molar-refractivity contribution is -0.274. The van der Waals surface area contributed by atoms with Gasteiger partial charge in [-0.25, -0.2) is 0 Å². The number of hydrogen-bond donors (Lipinski definition) is 1. The summed E-state index contributed by atoms with van der Waals surface area (Å²) in [4.78, 5) is 29.8. The van der Waals surface area contributed by atoms with Gasteiger partial charge in [-0.1, -0.05) is 12.1 Å². The molecule has 0 radical (unpaired) electrons. The lowest BCUT2D eigenvalue weighted by atomic mass is 9.89. The molecule has 2 aromatic rings. The van der Waals surface area contributed by atoms with Crippen molar-refractivity contribution in [3.8, 4) is 5.75 Å². The molecule has 5 rings (SSSR count). The Morgan fingerprint density at radius 3 is 2.14 bits per heavy atom. The van der Waals surface area contributed by atoms with E-state index in [-0.39, 0.29) is 23.1 Å². The summed E-state index contributed by atoms with van der Waals surface area (Å²) in [5.41, 5.74) is 2.38. The van der Waals surface area contributed by atoms with Gasteiger partial charge in [-0.3, -0.25) is 14.5 Å². The van der Waals surface area contributed by atoms with Crippen LogP contribution in [0, 0.1) is 0 Å². The number of benzene rings is 2. The molecule has 3 saturated heterocycles. The molecule has 198 valence electrons. The second-order valence-electron chi connectivity index (χ2n) is 10.4. The molecule has 9 heteroatoms. The average molecular weight is 516 g/mol. The van der Waals surface area contributed by atoms with Gasteiger partial charge in [0.2, 0.25) is 5.91 Å². The Labute approximate surface area is 214 Å². The minimum absolute atomic E-state index is 0.0638. The Kier molecular flexibility index (Phi) is 7.16. The van der Waals surface area contributed by atoms with E-state index in [2.05, 4.69) is 15.0 Å². The fourth-order valence-electron chi connectivity index (χ4n) is 6.25. The maximum absolute atomic E-state index is 12.8. The number of carbonyl (C=O) groups excluding carboxylic acids is 2. The molecule has 0 spiro atoms. The minimum atomic E-state index is -4.76. The third-order valence-corrected chi connectivity index (χ3v) is 8.08. The van der Waals surface area contributed by atoms with Crippen LogP contribution in [0.15, 0.2) is 48.5 Å². The fraction of sp³-hybridized carbons (Fsp3) is 0.500. The summed E-state index contributed by atoms with van der Waals surface area (Å²) in [6, 6.07) is 13.0. The van der Waals surface area contributed by atoms with E-state index in [1.54, 1.807) is 4.90 Å². The van der Waals surface area contributed by atoms with E-state index in [9.17, 15) is 22.8 Å². The highest BCUT2D eigenvalue weighted by atomic mass is 19.4. The number of piperidine rings is 1. The Morgan fingerprint density at radius 1 is 0.919 bits per heavy atom. The zero-order valence-corrected chi connectivity index (χ0v) is 20.7. The Bertz CT molecular complexity index is 1100. The number of likely N-dealkylation sites (tertiary alicyclic amines) is 1. The third kappa shape index (κ3) is 5.92. The maximum atomic E-state index is 12.8. The number of hydrogen-bond acceptors (Lipinski definition) is 4. The second kappa shape index (κ2) is 10.4. The second-order valence-corrected chi connectivity index (χ2v) is 10.4. The SMILES string of the molecule is O=C(CC12CCCN1CCC2)Nc1ccc(C2CCN(C(=O)c3ccc(OC(F)(F)F)cc3)CC2)cc1. The lowest BCUT2D eigenvalue weighted by Gasteiger charge is -2.32. The average Bonchev–Trinajstić information content (AvgIpc) is 3.43. The number of alkyl halides is 3. The van der Waals surface area contributed by atoms with Crippen molar-refractivity contribution in [2.45, 2.75) is 62.8 Å². The van der Waals surface area contributed by atoms with E-state index in [4.69, 9.17) is 0 Å². The Morgan fingerprint density at radius 2 is 1.54 bits per heavy atom. The predicted octanol–water partition coefficient (Wildman–Crippen LogP) is 5.56. The number of nitrogens with zero attached hydrogens (tertiary/aromatic N) is 2. The number of anilines is 1. The van der Waals surface area contributed by atoms with E-state index in [1.807, 2.05) is 24.3 Å². The molecule has 0 aliphatic carbocycles. The van der Waals surface area contributed by atoms with Crippen LogP contribution >= 0.6 is 0 Å². The molecule has 3 aliphatic rings. The largest absolute Gasteiger partial charge is 0.573 e. The van der Waals surface area contributed by atoms with Gasteiger partial charge in [0, 0.05) is 36.3 Å². The van der Waals surface area contributed by atoms with Gasteiger partial charge in [0.1, 0.15) is 5.75 Å². The first-order valence-electron chi connectivity index (χ1n) is 13.0. The molecule has 3 aliphatic heterocycles. The summed E-state index contributed by atoms with van der Waals surface area (Å²) >= 11 is 0. The summed E-state index contributed by atoms with van der Waals surface area (Å²) < 4.78 is 40.9. The number of nitrogens with one attached hydrogen (secondary N) is 1. The maximum Gasteiger partial charge on any atom is 0.573 e. The summed E-state index contributed by atoms with van der Waals surface area (Å²) in [5.74, 6) is -0.161. The molecule has 2 amide bonds. The van der Waals surface area contributed by atoms with Crippen molar-refractivity contribution in [2.75, 3.05) is 31.5 Å². The molecule has 0 atom stereocenters. The lowest BCUT2D eigenvalue weighted by Crippen LogP contribution is -2.41. The highest BCUT2D eigenvalue weighted by molar-refractivity contribution is 5.94. The van der Waals surface area contributed by atoms with Crippen molar-refractivity contribution < 1.29 is 27.5 Å². The number of fused-ring (bicyclic) bond motifs is 1. The smallest absolute Gasteiger partial charge is 0.406 e. The molecule has 1 N–H and O–H groups in total. The van der Waals surface area contributed by atoms with Gasteiger partial charge in [-0.2, -0.15) is 0 Å². The summed E-state index contributed by atoms with van der Waals surface area (Å²) in [6.07, 6.45) is 1.96. The quantitative estimate of drug-likeness (QED) is 0.547. The van der Waals surface area contributed by atoms with E-state index in [0.29, 0.717) is 31.0 Å². The van der Waals surface area contributed by atoms with Crippen LogP contribution in [0.2, 0.25) is 0 Å². The Hall–Kier alpha value is -3.07. The van der Waals surface area contributed by atoms with Crippen LogP contribution in [-0.2, 0) is 4.79 Å². The van der Waals surface area contributed by atoms with Crippen LogP contribution in [0.25, 0.3) is 0 Å². The van der Waals surface area contributed by atoms with Crippen molar-refractivity contribution >= 4 is 17.5 Å².